The van der Waals surface area contributed by atoms with Gasteiger partial charge in [0.2, 0.25) is 0 Å². The molecule has 3 atom stereocenters. The minimum atomic E-state index is 0.131. The van der Waals surface area contributed by atoms with Gasteiger partial charge in [-0.15, -0.1) is 0 Å². The van der Waals surface area contributed by atoms with Crippen LogP contribution in [0.5, 0.6) is 0 Å². The molecule has 4 rings (SSSR count). The van der Waals surface area contributed by atoms with E-state index in [9.17, 15) is 0 Å². The molecule has 0 spiro atoms. The highest BCUT2D eigenvalue weighted by molar-refractivity contribution is 6.30. The van der Waals surface area contributed by atoms with Crippen LogP contribution in [0.4, 0.5) is 5.69 Å². The van der Waals surface area contributed by atoms with Crippen molar-refractivity contribution in [3.63, 3.8) is 0 Å². The third kappa shape index (κ3) is 2.30. The second-order valence-corrected chi connectivity index (χ2v) is 6.17. The Morgan fingerprint density at radius 1 is 1.19 bits per heavy atom. The monoisotopic (exact) mass is 300 g/mol. The minimum absolute atomic E-state index is 0.131. The lowest BCUT2D eigenvalue weighted by Crippen LogP contribution is -2.35. The number of halogens is 1. The summed E-state index contributed by atoms with van der Waals surface area (Å²) < 4.78 is 6.10. The van der Waals surface area contributed by atoms with E-state index in [1.165, 1.54) is 11.1 Å². The molecule has 0 saturated carbocycles. The van der Waals surface area contributed by atoms with Gasteiger partial charge < -0.3 is 10.1 Å². The van der Waals surface area contributed by atoms with E-state index in [1.54, 1.807) is 0 Å². The summed E-state index contributed by atoms with van der Waals surface area (Å²) in [5, 5.41) is 4.44. The van der Waals surface area contributed by atoms with E-state index >= 15 is 0 Å². The molecule has 1 aromatic heterocycles. The number of anilines is 1. The molecule has 1 aromatic carbocycles. The number of benzene rings is 1. The highest BCUT2D eigenvalue weighted by atomic mass is 35.5. The average Bonchev–Trinajstić information content (AvgIpc) is 2.55. The molecule has 2 aliphatic heterocycles. The third-order valence-corrected chi connectivity index (χ3v) is 4.73. The molecule has 0 amide bonds. The van der Waals surface area contributed by atoms with Gasteiger partial charge in [-0.2, -0.15) is 0 Å². The van der Waals surface area contributed by atoms with Crippen molar-refractivity contribution >= 4 is 17.3 Å². The van der Waals surface area contributed by atoms with Crippen LogP contribution in [-0.4, -0.2) is 11.6 Å². The first-order valence-corrected chi connectivity index (χ1v) is 7.78. The zero-order valence-electron chi connectivity index (χ0n) is 11.6. The summed E-state index contributed by atoms with van der Waals surface area (Å²) in [4.78, 5) is 4.12. The summed E-state index contributed by atoms with van der Waals surface area (Å²) >= 11 is 6.17. The zero-order chi connectivity index (χ0) is 14.2. The van der Waals surface area contributed by atoms with E-state index in [0.717, 1.165) is 30.2 Å². The Balaban J connectivity index is 1.79. The van der Waals surface area contributed by atoms with Gasteiger partial charge in [0.1, 0.15) is 0 Å². The number of nitrogens with one attached hydrogen (secondary N) is 1. The number of rotatable bonds is 1. The van der Waals surface area contributed by atoms with Crippen LogP contribution in [-0.2, 0) is 4.74 Å². The van der Waals surface area contributed by atoms with Crippen LogP contribution >= 0.6 is 11.6 Å². The summed E-state index contributed by atoms with van der Waals surface area (Å²) in [5.41, 5.74) is 3.59. The lowest BCUT2D eigenvalue weighted by molar-refractivity contribution is -0.0381. The number of aromatic nitrogens is 1. The number of pyridine rings is 1. The summed E-state index contributed by atoms with van der Waals surface area (Å²) in [6.45, 7) is 0.830. The molecule has 1 N–H and O–H groups in total. The van der Waals surface area contributed by atoms with E-state index < -0.39 is 0 Å². The Hall–Kier alpha value is -1.58. The van der Waals surface area contributed by atoms with Gasteiger partial charge in [0.25, 0.3) is 0 Å². The van der Waals surface area contributed by atoms with Crippen LogP contribution in [0.15, 0.2) is 42.7 Å². The molecule has 4 heteroatoms. The number of ether oxygens (including phenoxy) is 1. The Morgan fingerprint density at radius 3 is 2.90 bits per heavy atom. The molecule has 0 radical (unpaired) electrons. The topological polar surface area (TPSA) is 34.1 Å². The van der Waals surface area contributed by atoms with Crippen molar-refractivity contribution < 1.29 is 4.74 Å². The average molecular weight is 301 g/mol. The SMILES string of the molecule is Clc1ccc2c(c1)[C@H]1OCCC[C@H]1C(c1ccncc1)N2. The Labute approximate surface area is 129 Å². The molecule has 0 aliphatic carbocycles. The van der Waals surface area contributed by atoms with Crippen molar-refractivity contribution in [2.24, 2.45) is 5.92 Å². The predicted molar refractivity (Wildman–Crippen MR) is 83.5 cm³/mol. The van der Waals surface area contributed by atoms with Crippen molar-refractivity contribution in [2.45, 2.75) is 25.0 Å². The summed E-state index contributed by atoms with van der Waals surface area (Å²) in [6.07, 6.45) is 6.11. The third-order valence-electron chi connectivity index (χ3n) is 4.49. The van der Waals surface area contributed by atoms with Crippen LogP contribution in [0.25, 0.3) is 0 Å². The fraction of sp³-hybridized carbons (Fsp3) is 0.353. The van der Waals surface area contributed by atoms with E-state index in [4.69, 9.17) is 16.3 Å². The molecule has 0 bridgehead atoms. The largest absolute Gasteiger partial charge is 0.378 e. The van der Waals surface area contributed by atoms with Crippen molar-refractivity contribution in [1.29, 1.82) is 0 Å². The van der Waals surface area contributed by atoms with Crippen LogP contribution < -0.4 is 5.32 Å². The van der Waals surface area contributed by atoms with Gasteiger partial charge in [0.05, 0.1) is 12.1 Å². The van der Waals surface area contributed by atoms with E-state index in [1.807, 2.05) is 24.5 Å². The summed E-state index contributed by atoms with van der Waals surface area (Å²) in [5.74, 6) is 0.437. The fourth-order valence-electron chi connectivity index (χ4n) is 3.54. The smallest absolute Gasteiger partial charge is 0.0896 e. The highest BCUT2D eigenvalue weighted by Gasteiger charge is 2.39. The maximum atomic E-state index is 6.17. The molecule has 3 nitrogen and oxygen atoms in total. The second-order valence-electron chi connectivity index (χ2n) is 5.73. The Kier molecular flexibility index (Phi) is 3.32. The number of hydrogen-bond donors (Lipinski definition) is 1. The van der Waals surface area contributed by atoms with Crippen molar-refractivity contribution in [2.75, 3.05) is 11.9 Å². The van der Waals surface area contributed by atoms with Gasteiger partial charge in [-0.3, -0.25) is 4.98 Å². The molecule has 3 heterocycles. The zero-order valence-corrected chi connectivity index (χ0v) is 12.4. The van der Waals surface area contributed by atoms with E-state index in [-0.39, 0.29) is 12.1 Å². The molecular weight excluding hydrogens is 284 g/mol. The predicted octanol–water partition coefficient (Wildman–Crippen LogP) is 4.37. The number of fused-ring (bicyclic) bond motifs is 3. The molecule has 1 fully saturated rings. The Morgan fingerprint density at radius 2 is 2.05 bits per heavy atom. The quantitative estimate of drug-likeness (QED) is 0.849. The molecule has 2 aromatic rings. The molecule has 21 heavy (non-hydrogen) atoms. The lowest BCUT2D eigenvalue weighted by atomic mass is 9.78. The van der Waals surface area contributed by atoms with Gasteiger partial charge in [-0.05, 0) is 48.7 Å². The summed E-state index contributed by atoms with van der Waals surface area (Å²) in [7, 11) is 0. The first-order valence-electron chi connectivity index (χ1n) is 7.40. The van der Waals surface area contributed by atoms with Gasteiger partial charge in [-0.1, -0.05) is 11.6 Å². The number of nitrogens with zero attached hydrogens (tertiary/aromatic N) is 1. The van der Waals surface area contributed by atoms with Crippen molar-refractivity contribution in [3.05, 3.63) is 58.9 Å². The van der Waals surface area contributed by atoms with Crippen LogP contribution in [0.3, 0.4) is 0 Å². The molecule has 1 saturated heterocycles. The molecule has 108 valence electrons. The van der Waals surface area contributed by atoms with Gasteiger partial charge >= 0.3 is 0 Å². The standard InChI is InChI=1S/C17H17ClN2O/c18-12-3-4-15-14(10-12)17-13(2-1-9-21-17)16(20-15)11-5-7-19-8-6-11/h3-8,10,13,16-17,20H,1-2,9H2/t13-,16?,17-/m0/s1. The first kappa shape index (κ1) is 13.1. The normalized spacial score (nSPS) is 27.4. The number of hydrogen-bond acceptors (Lipinski definition) is 3. The van der Waals surface area contributed by atoms with Gasteiger partial charge in [-0.25, -0.2) is 0 Å². The summed E-state index contributed by atoms with van der Waals surface area (Å²) in [6, 6.07) is 10.5. The molecule has 2 aliphatic rings. The Bertz CT molecular complexity index is 646. The van der Waals surface area contributed by atoms with Crippen molar-refractivity contribution in [1.82, 2.24) is 4.98 Å². The van der Waals surface area contributed by atoms with Crippen LogP contribution in [0, 0.1) is 5.92 Å². The van der Waals surface area contributed by atoms with E-state index in [2.05, 4.69) is 28.5 Å². The van der Waals surface area contributed by atoms with Gasteiger partial charge in [0.15, 0.2) is 0 Å². The first-order chi connectivity index (χ1) is 10.3. The van der Waals surface area contributed by atoms with Gasteiger partial charge in [0, 0.05) is 41.2 Å². The van der Waals surface area contributed by atoms with E-state index in [0.29, 0.717) is 5.92 Å². The fourth-order valence-corrected chi connectivity index (χ4v) is 3.72. The second kappa shape index (κ2) is 5.32. The minimum Gasteiger partial charge on any atom is -0.378 e. The van der Waals surface area contributed by atoms with Crippen LogP contribution in [0.2, 0.25) is 5.02 Å². The highest BCUT2D eigenvalue weighted by Crippen LogP contribution is 2.49. The van der Waals surface area contributed by atoms with Crippen LogP contribution in [0.1, 0.15) is 36.1 Å². The maximum absolute atomic E-state index is 6.17. The maximum Gasteiger partial charge on any atom is 0.0896 e. The lowest BCUT2D eigenvalue weighted by Gasteiger charge is -2.43. The molecule has 1 unspecified atom stereocenters. The van der Waals surface area contributed by atoms with Crippen molar-refractivity contribution in [3.8, 4) is 0 Å². The molecular formula is C17H17ClN2O.